The lowest BCUT2D eigenvalue weighted by Gasteiger charge is -2.36. The van der Waals surface area contributed by atoms with E-state index in [4.69, 9.17) is 0 Å². The Hall–Kier alpha value is -0.0800. The Morgan fingerprint density at radius 2 is 1.67 bits per heavy atom. The second-order valence-electron chi connectivity index (χ2n) is 6.71. The molecule has 18 heavy (non-hydrogen) atoms. The number of rotatable bonds is 5. The van der Waals surface area contributed by atoms with Gasteiger partial charge in [-0.15, -0.1) is 0 Å². The molecule has 2 aliphatic rings. The van der Waals surface area contributed by atoms with Gasteiger partial charge in [-0.1, -0.05) is 33.1 Å². The van der Waals surface area contributed by atoms with Gasteiger partial charge in [-0.25, -0.2) is 0 Å². The maximum absolute atomic E-state index is 3.65. The molecule has 1 aliphatic heterocycles. The molecule has 0 bridgehead atoms. The molecule has 0 aromatic heterocycles. The summed E-state index contributed by atoms with van der Waals surface area (Å²) in [5, 5.41) is 3.65. The van der Waals surface area contributed by atoms with E-state index in [1.807, 2.05) is 0 Å². The Bertz CT molecular complexity index is 213. The van der Waals surface area contributed by atoms with Gasteiger partial charge >= 0.3 is 0 Å². The summed E-state index contributed by atoms with van der Waals surface area (Å²) in [4.78, 5) is 2.88. The summed E-state index contributed by atoms with van der Waals surface area (Å²) in [5.41, 5.74) is 0. The number of nitrogens with one attached hydrogen (secondary N) is 1. The normalized spacial score (nSPS) is 27.0. The van der Waals surface area contributed by atoms with E-state index in [-0.39, 0.29) is 0 Å². The molecule has 0 aromatic rings. The first-order chi connectivity index (χ1) is 8.77. The van der Waals surface area contributed by atoms with Gasteiger partial charge in [0.05, 0.1) is 0 Å². The molecule has 2 nitrogen and oxygen atoms in total. The third-order valence-electron chi connectivity index (χ3n) is 4.75. The van der Waals surface area contributed by atoms with Gasteiger partial charge in [0.1, 0.15) is 0 Å². The number of hydrogen-bond acceptors (Lipinski definition) is 2. The van der Waals surface area contributed by atoms with E-state index < -0.39 is 0 Å². The standard InChI is InChI=1S/C16H32N2/c1-14(2)10-12-18(15-7-3-4-8-15)16-9-5-6-11-17-13-16/h14-17H,3-13H2,1-2H3. The van der Waals surface area contributed by atoms with Crippen molar-refractivity contribution < 1.29 is 0 Å². The summed E-state index contributed by atoms with van der Waals surface area (Å²) in [5.74, 6) is 0.840. The average Bonchev–Trinajstić information content (AvgIpc) is 2.73. The average molecular weight is 252 g/mol. The predicted molar refractivity (Wildman–Crippen MR) is 78.9 cm³/mol. The Labute approximate surface area is 114 Å². The van der Waals surface area contributed by atoms with Gasteiger partial charge in [0.15, 0.2) is 0 Å². The molecule has 2 fully saturated rings. The fourth-order valence-electron chi connectivity index (χ4n) is 3.59. The summed E-state index contributed by atoms with van der Waals surface area (Å²) in [7, 11) is 0. The van der Waals surface area contributed by atoms with Crippen LogP contribution < -0.4 is 5.32 Å². The van der Waals surface area contributed by atoms with Crippen molar-refractivity contribution in [3.8, 4) is 0 Å². The van der Waals surface area contributed by atoms with Crippen LogP contribution in [-0.2, 0) is 0 Å². The second-order valence-corrected chi connectivity index (χ2v) is 6.71. The molecule has 0 amide bonds. The van der Waals surface area contributed by atoms with Crippen molar-refractivity contribution in [3.05, 3.63) is 0 Å². The Morgan fingerprint density at radius 1 is 1.00 bits per heavy atom. The minimum absolute atomic E-state index is 0.814. The van der Waals surface area contributed by atoms with Crippen molar-refractivity contribution in [2.24, 2.45) is 5.92 Å². The minimum Gasteiger partial charge on any atom is -0.315 e. The first-order valence-electron chi connectivity index (χ1n) is 8.24. The van der Waals surface area contributed by atoms with E-state index in [0.29, 0.717) is 0 Å². The van der Waals surface area contributed by atoms with Crippen LogP contribution in [-0.4, -0.2) is 36.6 Å². The van der Waals surface area contributed by atoms with Gasteiger partial charge in [-0.2, -0.15) is 0 Å². The summed E-state index contributed by atoms with van der Waals surface area (Å²) < 4.78 is 0. The highest BCUT2D eigenvalue weighted by molar-refractivity contribution is 4.85. The summed E-state index contributed by atoms with van der Waals surface area (Å²) >= 11 is 0. The van der Waals surface area contributed by atoms with Crippen LogP contribution in [0.25, 0.3) is 0 Å². The molecular formula is C16H32N2. The van der Waals surface area contributed by atoms with E-state index in [0.717, 1.165) is 18.0 Å². The zero-order valence-electron chi connectivity index (χ0n) is 12.5. The largest absolute Gasteiger partial charge is 0.315 e. The zero-order valence-corrected chi connectivity index (χ0v) is 12.5. The molecule has 2 heteroatoms. The van der Waals surface area contributed by atoms with E-state index in [1.54, 1.807) is 0 Å². The van der Waals surface area contributed by atoms with E-state index in [2.05, 4.69) is 24.1 Å². The third kappa shape index (κ3) is 4.24. The molecule has 0 aromatic carbocycles. The Morgan fingerprint density at radius 3 is 2.39 bits per heavy atom. The molecule has 1 saturated carbocycles. The maximum atomic E-state index is 3.65. The highest BCUT2D eigenvalue weighted by atomic mass is 15.2. The van der Waals surface area contributed by atoms with Crippen molar-refractivity contribution in [3.63, 3.8) is 0 Å². The lowest BCUT2D eigenvalue weighted by molar-refractivity contribution is 0.122. The first-order valence-corrected chi connectivity index (χ1v) is 8.24. The van der Waals surface area contributed by atoms with Crippen LogP contribution in [0, 0.1) is 5.92 Å². The van der Waals surface area contributed by atoms with Crippen LogP contribution in [0.15, 0.2) is 0 Å². The highest BCUT2D eigenvalue weighted by Crippen LogP contribution is 2.27. The smallest absolute Gasteiger partial charge is 0.0223 e. The number of nitrogens with zero attached hydrogens (tertiary/aromatic N) is 1. The van der Waals surface area contributed by atoms with Crippen molar-refractivity contribution in [1.82, 2.24) is 10.2 Å². The first kappa shape index (κ1) is 14.3. The third-order valence-corrected chi connectivity index (χ3v) is 4.75. The molecule has 0 radical (unpaired) electrons. The summed E-state index contributed by atoms with van der Waals surface area (Å²) in [6.45, 7) is 8.51. The second kappa shape index (κ2) is 7.49. The molecule has 0 spiro atoms. The summed E-state index contributed by atoms with van der Waals surface area (Å²) in [6.07, 6.45) is 11.4. The summed E-state index contributed by atoms with van der Waals surface area (Å²) in [6, 6.07) is 1.71. The molecule has 1 atom stereocenters. The minimum atomic E-state index is 0.814. The van der Waals surface area contributed by atoms with Crippen LogP contribution in [0.1, 0.15) is 65.2 Å². The van der Waals surface area contributed by atoms with Gasteiger partial charge in [0, 0.05) is 18.6 Å². The molecule has 1 N–H and O–H groups in total. The van der Waals surface area contributed by atoms with Gasteiger partial charge in [0.2, 0.25) is 0 Å². The van der Waals surface area contributed by atoms with E-state index >= 15 is 0 Å². The molecule has 2 rings (SSSR count). The van der Waals surface area contributed by atoms with Gasteiger partial charge in [-0.3, -0.25) is 4.90 Å². The maximum Gasteiger partial charge on any atom is 0.0223 e. The Kier molecular flexibility index (Phi) is 5.97. The molecule has 106 valence electrons. The van der Waals surface area contributed by atoms with E-state index in [9.17, 15) is 0 Å². The Balaban J connectivity index is 1.92. The SMILES string of the molecule is CC(C)CCN(C1CCCC1)C1CCCCNC1. The highest BCUT2D eigenvalue weighted by Gasteiger charge is 2.28. The molecule has 1 aliphatic carbocycles. The van der Waals surface area contributed by atoms with E-state index in [1.165, 1.54) is 71.0 Å². The van der Waals surface area contributed by atoms with Crippen LogP contribution in [0.3, 0.4) is 0 Å². The molecule has 1 heterocycles. The van der Waals surface area contributed by atoms with Crippen LogP contribution in [0.2, 0.25) is 0 Å². The topological polar surface area (TPSA) is 15.3 Å². The van der Waals surface area contributed by atoms with Gasteiger partial charge < -0.3 is 5.32 Å². The monoisotopic (exact) mass is 252 g/mol. The molecular weight excluding hydrogens is 220 g/mol. The fraction of sp³-hybridized carbons (Fsp3) is 1.00. The van der Waals surface area contributed by atoms with Crippen LogP contribution in [0.5, 0.6) is 0 Å². The van der Waals surface area contributed by atoms with Crippen molar-refractivity contribution >= 4 is 0 Å². The lowest BCUT2D eigenvalue weighted by atomic mass is 10.0. The molecule has 1 saturated heterocycles. The molecule has 1 unspecified atom stereocenters. The van der Waals surface area contributed by atoms with Crippen molar-refractivity contribution in [2.75, 3.05) is 19.6 Å². The van der Waals surface area contributed by atoms with Crippen molar-refractivity contribution in [2.45, 2.75) is 77.3 Å². The predicted octanol–water partition coefficient (Wildman–Crippen LogP) is 3.42. The van der Waals surface area contributed by atoms with Crippen LogP contribution >= 0.6 is 0 Å². The quantitative estimate of drug-likeness (QED) is 0.806. The van der Waals surface area contributed by atoms with Gasteiger partial charge in [0.25, 0.3) is 0 Å². The lowest BCUT2D eigenvalue weighted by Crippen LogP contribution is -2.47. The van der Waals surface area contributed by atoms with Crippen molar-refractivity contribution in [1.29, 1.82) is 0 Å². The number of hydrogen-bond donors (Lipinski definition) is 1. The van der Waals surface area contributed by atoms with Crippen LogP contribution in [0.4, 0.5) is 0 Å². The zero-order chi connectivity index (χ0) is 12.8. The van der Waals surface area contributed by atoms with Gasteiger partial charge in [-0.05, 0) is 51.1 Å². The fourth-order valence-corrected chi connectivity index (χ4v) is 3.59.